The second kappa shape index (κ2) is 6.15. The third kappa shape index (κ3) is 4.21. The summed E-state index contributed by atoms with van der Waals surface area (Å²) in [5, 5.41) is 0. The topological polar surface area (TPSA) is 84.3 Å². The first kappa shape index (κ1) is 15.3. The van der Waals surface area contributed by atoms with Crippen LogP contribution >= 0.6 is 0 Å². The number of nitrogens with zero attached hydrogens (tertiary/aromatic N) is 1. The summed E-state index contributed by atoms with van der Waals surface area (Å²) in [7, 11) is -4.40. The van der Waals surface area contributed by atoms with Gasteiger partial charge in [-0.25, -0.2) is 0 Å². The van der Waals surface area contributed by atoms with Crippen LogP contribution in [0.5, 0.6) is 0 Å². The van der Waals surface area contributed by atoms with E-state index in [1.807, 2.05) is 13.0 Å². The van der Waals surface area contributed by atoms with Gasteiger partial charge in [0.05, 0.1) is 5.92 Å². The Morgan fingerprint density at radius 3 is 2.48 bits per heavy atom. The van der Waals surface area contributed by atoms with Gasteiger partial charge < -0.3 is 0 Å². The Kier molecular flexibility index (Phi) is 4.50. The van der Waals surface area contributed by atoms with Crippen molar-refractivity contribution in [1.82, 2.24) is 4.98 Å². The molecule has 1 unspecified atom stereocenters. The number of aromatic nitrogens is 1. The molecule has 0 amide bonds. The van der Waals surface area contributed by atoms with E-state index in [4.69, 9.17) is 4.55 Å². The lowest BCUT2D eigenvalue weighted by Gasteiger charge is -2.14. The number of carbonyl (C=O) groups is 1. The number of ketones is 1. The van der Waals surface area contributed by atoms with Crippen LogP contribution in [0, 0.1) is 12.7 Å². The molecule has 0 aliphatic rings. The minimum absolute atomic E-state index is 0.386. The SMILES string of the molecule is Cc1cccc(C(=O)C([CH]S(=O)(=O)O)c2ccncc2)c1. The highest BCUT2D eigenvalue weighted by molar-refractivity contribution is 7.87. The zero-order valence-electron chi connectivity index (χ0n) is 11.3. The second-order valence-corrected chi connectivity index (χ2v) is 5.95. The molecule has 0 aliphatic carbocycles. The van der Waals surface area contributed by atoms with Crippen molar-refractivity contribution in [2.75, 3.05) is 0 Å². The molecule has 0 saturated heterocycles. The van der Waals surface area contributed by atoms with E-state index in [9.17, 15) is 13.2 Å². The molecule has 1 atom stereocenters. The molecule has 0 saturated carbocycles. The first-order valence-corrected chi connectivity index (χ1v) is 7.70. The molecule has 1 N–H and O–H groups in total. The smallest absolute Gasteiger partial charge is 0.270 e. The maximum Gasteiger partial charge on any atom is 0.270 e. The first-order valence-electron chi connectivity index (χ1n) is 6.20. The van der Waals surface area contributed by atoms with Crippen LogP contribution in [0.4, 0.5) is 0 Å². The molecule has 21 heavy (non-hydrogen) atoms. The Hall–Kier alpha value is -2.05. The molecule has 109 valence electrons. The van der Waals surface area contributed by atoms with Crippen molar-refractivity contribution in [1.29, 1.82) is 0 Å². The second-order valence-electron chi connectivity index (χ2n) is 4.64. The highest BCUT2D eigenvalue weighted by Crippen LogP contribution is 2.25. The summed E-state index contributed by atoms with van der Waals surface area (Å²) in [6, 6.07) is 9.93. The summed E-state index contributed by atoms with van der Waals surface area (Å²) in [6.45, 7) is 1.84. The molecule has 0 spiro atoms. The molecule has 1 aromatic heterocycles. The number of pyridine rings is 1. The van der Waals surface area contributed by atoms with Crippen LogP contribution in [-0.2, 0) is 10.1 Å². The van der Waals surface area contributed by atoms with Crippen molar-refractivity contribution in [3.8, 4) is 0 Å². The van der Waals surface area contributed by atoms with E-state index < -0.39 is 21.8 Å². The van der Waals surface area contributed by atoms with Crippen molar-refractivity contribution in [3.63, 3.8) is 0 Å². The third-order valence-electron chi connectivity index (χ3n) is 2.96. The van der Waals surface area contributed by atoms with Gasteiger partial charge in [-0.15, -0.1) is 0 Å². The van der Waals surface area contributed by atoms with E-state index in [1.54, 1.807) is 30.3 Å². The zero-order valence-corrected chi connectivity index (χ0v) is 12.1. The molecule has 1 heterocycles. The van der Waals surface area contributed by atoms with Gasteiger partial charge >= 0.3 is 0 Å². The fourth-order valence-electron chi connectivity index (χ4n) is 2.01. The van der Waals surface area contributed by atoms with Gasteiger partial charge in [0.15, 0.2) is 5.78 Å². The summed E-state index contributed by atoms with van der Waals surface area (Å²) in [4.78, 5) is 16.4. The quantitative estimate of drug-likeness (QED) is 0.677. The van der Waals surface area contributed by atoms with Gasteiger partial charge in [-0.2, -0.15) is 8.42 Å². The van der Waals surface area contributed by atoms with Crippen LogP contribution in [0.3, 0.4) is 0 Å². The number of hydrogen-bond acceptors (Lipinski definition) is 4. The van der Waals surface area contributed by atoms with E-state index in [2.05, 4.69) is 4.98 Å². The maximum atomic E-state index is 12.5. The number of rotatable bonds is 5. The van der Waals surface area contributed by atoms with Gasteiger partial charge in [0.1, 0.15) is 5.75 Å². The number of carbonyl (C=O) groups excluding carboxylic acids is 1. The Morgan fingerprint density at radius 2 is 1.90 bits per heavy atom. The Morgan fingerprint density at radius 1 is 1.24 bits per heavy atom. The van der Waals surface area contributed by atoms with Crippen LogP contribution in [0.2, 0.25) is 0 Å². The highest BCUT2D eigenvalue weighted by atomic mass is 32.2. The Bertz CT molecular complexity index is 741. The molecule has 6 heteroatoms. The van der Waals surface area contributed by atoms with E-state index in [-0.39, 0.29) is 0 Å². The molecule has 0 bridgehead atoms. The highest BCUT2D eigenvalue weighted by Gasteiger charge is 2.27. The summed E-state index contributed by atoms with van der Waals surface area (Å²) in [5.74, 6) is -0.833. The molecular formula is C15H14NO4S. The van der Waals surface area contributed by atoms with Crippen molar-refractivity contribution in [2.24, 2.45) is 0 Å². The van der Waals surface area contributed by atoms with Gasteiger partial charge in [-0.1, -0.05) is 23.8 Å². The van der Waals surface area contributed by atoms with Gasteiger partial charge in [-0.05, 0) is 30.7 Å². The maximum absolute atomic E-state index is 12.5. The molecule has 0 aliphatic heterocycles. The van der Waals surface area contributed by atoms with E-state index >= 15 is 0 Å². The number of aryl methyl sites for hydroxylation is 1. The monoisotopic (exact) mass is 304 g/mol. The third-order valence-corrected chi connectivity index (χ3v) is 3.57. The fourth-order valence-corrected chi connectivity index (χ4v) is 2.64. The molecule has 2 aromatic rings. The van der Waals surface area contributed by atoms with Crippen molar-refractivity contribution in [2.45, 2.75) is 12.8 Å². The number of benzene rings is 1. The number of Topliss-reactive ketones (excluding diaryl/α,β-unsaturated/α-hetero) is 1. The molecule has 2 rings (SSSR count). The molecule has 0 fully saturated rings. The van der Waals surface area contributed by atoms with Crippen LogP contribution in [0.15, 0.2) is 48.8 Å². The van der Waals surface area contributed by atoms with Crippen LogP contribution in [-0.4, -0.2) is 23.7 Å². The van der Waals surface area contributed by atoms with Crippen molar-refractivity contribution < 1.29 is 17.8 Å². The lowest BCUT2D eigenvalue weighted by molar-refractivity contribution is 0.0972. The van der Waals surface area contributed by atoms with Crippen molar-refractivity contribution >= 4 is 15.9 Å². The molecule has 5 nitrogen and oxygen atoms in total. The van der Waals surface area contributed by atoms with E-state index in [0.717, 1.165) is 5.56 Å². The lowest BCUT2D eigenvalue weighted by Crippen LogP contribution is -2.18. The Labute approximate surface area is 123 Å². The first-order chi connectivity index (χ1) is 9.87. The fraction of sp³-hybridized carbons (Fsp3) is 0.133. The lowest BCUT2D eigenvalue weighted by atomic mass is 9.92. The molecule has 1 radical (unpaired) electrons. The summed E-state index contributed by atoms with van der Waals surface area (Å²) >= 11 is 0. The van der Waals surface area contributed by atoms with E-state index in [1.165, 1.54) is 12.4 Å². The van der Waals surface area contributed by atoms with Crippen LogP contribution < -0.4 is 0 Å². The average molecular weight is 304 g/mol. The largest absolute Gasteiger partial charge is 0.293 e. The minimum Gasteiger partial charge on any atom is -0.293 e. The van der Waals surface area contributed by atoms with E-state index in [0.29, 0.717) is 16.9 Å². The average Bonchev–Trinajstić information content (AvgIpc) is 2.44. The van der Waals surface area contributed by atoms with Gasteiger partial charge in [0.2, 0.25) is 0 Å². The molecular weight excluding hydrogens is 290 g/mol. The van der Waals surface area contributed by atoms with Crippen LogP contribution in [0.25, 0.3) is 0 Å². The number of hydrogen-bond donors (Lipinski definition) is 1. The summed E-state index contributed by atoms with van der Waals surface area (Å²) in [5.41, 5.74) is 1.73. The Balaban J connectivity index is 2.42. The predicted octanol–water partition coefficient (Wildman–Crippen LogP) is 2.41. The zero-order chi connectivity index (χ0) is 15.5. The predicted molar refractivity (Wildman–Crippen MR) is 78.3 cm³/mol. The van der Waals surface area contributed by atoms with Crippen molar-refractivity contribution in [3.05, 3.63) is 71.2 Å². The molecule has 1 aromatic carbocycles. The van der Waals surface area contributed by atoms with Gasteiger partial charge in [-0.3, -0.25) is 14.3 Å². The minimum atomic E-state index is -4.40. The van der Waals surface area contributed by atoms with Gasteiger partial charge in [0, 0.05) is 18.0 Å². The summed E-state index contributed by atoms with van der Waals surface area (Å²) in [6.07, 6.45) is 2.92. The van der Waals surface area contributed by atoms with Crippen LogP contribution in [0.1, 0.15) is 27.4 Å². The normalized spacial score (nSPS) is 12.9. The summed E-state index contributed by atoms with van der Waals surface area (Å²) < 4.78 is 31.3. The standard InChI is InChI=1S/C15H14NO4S/c1-11-3-2-4-13(9-11)15(17)14(10-21(18,19)20)12-5-7-16-8-6-12/h2-10,14H,1H3,(H,18,19,20). The van der Waals surface area contributed by atoms with Gasteiger partial charge in [0.25, 0.3) is 10.1 Å².